The van der Waals surface area contributed by atoms with E-state index >= 15 is 0 Å². The van der Waals surface area contributed by atoms with Crippen molar-refractivity contribution in [2.45, 2.75) is 37.4 Å². The van der Waals surface area contributed by atoms with Gasteiger partial charge >= 0.3 is 149 Å². The molecule has 15 nitrogen and oxygen atoms in total. The third-order valence-electron chi connectivity index (χ3n) is 2.07. The van der Waals surface area contributed by atoms with Gasteiger partial charge in [-0.05, 0) is 0 Å². The zero-order valence-corrected chi connectivity index (χ0v) is 26.0. The number of carbonyl (C=O) groups is 6. The van der Waals surface area contributed by atoms with E-state index in [9.17, 15) is 59.4 Å². The van der Waals surface area contributed by atoms with Gasteiger partial charge in [-0.15, -0.1) is 0 Å². The van der Waals surface area contributed by atoms with Crippen molar-refractivity contribution in [2.24, 2.45) is 17.2 Å². The van der Waals surface area contributed by atoms with E-state index in [4.69, 9.17) is 17.2 Å². The van der Waals surface area contributed by atoms with Gasteiger partial charge in [0.15, 0.2) is 0 Å². The third-order valence-corrected chi connectivity index (χ3v) is 2.07. The number of hydrogen-bond acceptors (Lipinski definition) is 15. The molecule has 0 aliphatic heterocycles. The summed E-state index contributed by atoms with van der Waals surface area (Å²) in [5, 5.41) is 58.0. The Hall–Kier alpha value is 1.51. The first kappa shape index (κ1) is 49.6. The molecule has 0 spiro atoms. The minimum atomic E-state index is -1.58. The molecule has 0 aromatic carbocycles. The van der Waals surface area contributed by atoms with Crippen LogP contribution in [-0.4, -0.2) is 100 Å². The Labute approximate surface area is 293 Å². The minimum Gasteiger partial charge on any atom is -0.550 e. The largest absolute Gasteiger partial charge is 2.00 e. The van der Waals surface area contributed by atoms with Crippen molar-refractivity contribution in [3.63, 3.8) is 0 Å². The second kappa shape index (κ2) is 29.5. The second-order valence-corrected chi connectivity index (χ2v) is 4.50. The van der Waals surface area contributed by atoms with Crippen molar-refractivity contribution in [3.05, 3.63) is 0 Å². The average molecular weight is 520 g/mol. The fourth-order valence-corrected chi connectivity index (χ4v) is 0.789. The molecule has 0 aliphatic rings. The summed E-state index contributed by atoms with van der Waals surface area (Å²) in [6.07, 6.45) is -2.12. The molecule has 6 N–H and O–H groups in total. The van der Waals surface area contributed by atoms with Gasteiger partial charge in [0, 0.05) is 55.3 Å². The van der Waals surface area contributed by atoms with Crippen LogP contribution >= 0.6 is 0 Å². The maximum absolute atomic E-state index is 9.71. The molecule has 0 saturated carbocycles. The van der Waals surface area contributed by atoms with E-state index in [1.165, 1.54) is 0 Å². The summed E-state index contributed by atoms with van der Waals surface area (Å²) in [5.74, 6) is -9.23. The van der Waals surface area contributed by atoms with Gasteiger partial charge in [0.25, 0.3) is 0 Å². The molecule has 0 fully saturated rings. The first-order valence-electron chi connectivity index (χ1n) is 6.60. The number of rotatable bonds is 9. The van der Waals surface area contributed by atoms with Crippen LogP contribution in [0, 0.1) is 0 Å². The average Bonchev–Trinajstić information content (AvgIpc) is 2.46. The van der Waals surface area contributed by atoms with E-state index < -0.39 is 73.2 Å². The molecule has 0 bridgehead atoms. The third kappa shape index (κ3) is 42.2. The number of hydrogen-bond donors (Lipinski definition) is 3. The maximum atomic E-state index is 9.71. The fourth-order valence-electron chi connectivity index (χ4n) is 0.789. The van der Waals surface area contributed by atoms with Crippen LogP contribution in [0.3, 0.4) is 0 Å². The van der Waals surface area contributed by atoms with Gasteiger partial charge in [0.05, 0.1) is 17.9 Å². The van der Waals surface area contributed by atoms with Crippen LogP contribution in [0.25, 0.3) is 0 Å². The van der Waals surface area contributed by atoms with E-state index in [2.05, 4.69) is 0 Å². The van der Waals surface area contributed by atoms with Crippen molar-refractivity contribution in [1.29, 1.82) is 0 Å². The Kier molecular flexibility index (Phi) is 47.3. The first-order chi connectivity index (χ1) is 12.1. The molecule has 3 atom stereocenters. The molecule has 31 heavy (non-hydrogen) atoms. The Balaban J connectivity index is -0.0000000524. The molecule has 0 aromatic rings. The Morgan fingerprint density at radius 3 is 0.645 bits per heavy atom. The number of carboxylic acids is 6. The molecule has 0 radical (unpaired) electrons. The molecular formula is C12H15K2Mg2N3O12. The molecule has 0 aliphatic carbocycles. The number of carboxylic acid groups (broad SMARTS) is 6. The van der Waals surface area contributed by atoms with Crippen LogP contribution in [0.2, 0.25) is 0 Å². The van der Waals surface area contributed by atoms with Crippen molar-refractivity contribution in [3.8, 4) is 0 Å². The van der Waals surface area contributed by atoms with Crippen LogP contribution < -0.4 is 151 Å². The molecule has 19 heteroatoms. The molecule has 156 valence electrons. The van der Waals surface area contributed by atoms with E-state index in [-0.39, 0.29) is 149 Å². The van der Waals surface area contributed by atoms with E-state index in [1.807, 2.05) is 0 Å². The first-order valence-corrected chi connectivity index (χ1v) is 6.60. The Morgan fingerprint density at radius 2 is 0.613 bits per heavy atom. The van der Waals surface area contributed by atoms with Crippen LogP contribution in [-0.2, 0) is 28.8 Å². The van der Waals surface area contributed by atoms with Gasteiger partial charge in [-0.1, -0.05) is 0 Å². The second-order valence-electron chi connectivity index (χ2n) is 4.50. The summed E-state index contributed by atoms with van der Waals surface area (Å²) < 4.78 is 0. The molecule has 0 aromatic heterocycles. The number of carbonyl (C=O) groups excluding carboxylic acids is 6. The zero-order valence-electron chi connectivity index (χ0n) is 16.9. The quantitative estimate of drug-likeness (QED) is 0.238. The van der Waals surface area contributed by atoms with Crippen LogP contribution in [0.4, 0.5) is 0 Å². The maximum Gasteiger partial charge on any atom is 2.00 e. The van der Waals surface area contributed by atoms with Gasteiger partial charge in [0.1, 0.15) is 0 Å². The van der Waals surface area contributed by atoms with Gasteiger partial charge in [-0.3, -0.25) is 0 Å². The monoisotopic (exact) mass is 519 g/mol. The van der Waals surface area contributed by atoms with E-state index in [1.54, 1.807) is 0 Å². The van der Waals surface area contributed by atoms with Crippen molar-refractivity contribution >= 4 is 81.9 Å². The van der Waals surface area contributed by atoms with Crippen LogP contribution in [0.5, 0.6) is 0 Å². The zero-order chi connectivity index (χ0) is 22.3. The molecule has 0 amide bonds. The van der Waals surface area contributed by atoms with Crippen LogP contribution in [0.1, 0.15) is 19.3 Å². The van der Waals surface area contributed by atoms with Crippen molar-refractivity contribution < 1.29 is 162 Å². The summed E-state index contributed by atoms with van der Waals surface area (Å²) >= 11 is 0. The summed E-state index contributed by atoms with van der Waals surface area (Å²) in [7, 11) is 0. The molecule has 0 saturated heterocycles. The Bertz CT molecular complexity index is 495. The van der Waals surface area contributed by atoms with E-state index in [0.29, 0.717) is 0 Å². The summed E-state index contributed by atoms with van der Waals surface area (Å²) in [4.78, 5) is 58.0. The smallest absolute Gasteiger partial charge is 0.550 e. The fraction of sp³-hybridized carbons (Fsp3) is 0.500. The summed E-state index contributed by atoms with van der Waals surface area (Å²) in [6.45, 7) is 0. The summed E-state index contributed by atoms with van der Waals surface area (Å²) in [6, 6.07) is -4.39. The van der Waals surface area contributed by atoms with Gasteiger partial charge in [0.2, 0.25) is 0 Å². The molecule has 0 heterocycles. The molecule has 0 unspecified atom stereocenters. The van der Waals surface area contributed by atoms with Crippen molar-refractivity contribution in [2.75, 3.05) is 0 Å². The summed E-state index contributed by atoms with van der Waals surface area (Å²) in [5.41, 5.74) is 14.2. The van der Waals surface area contributed by atoms with Crippen molar-refractivity contribution in [1.82, 2.24) is 0 Å². The van der Waals surface area contributed by atoms with Gasteiger partial charge in [-0.25, -0.2) is 0 Å². The normalized spacial score (nSPS) is 10.9. The number of aliphatic carboxylic acids is 6. The molecule has 0 rings (SSSR count). The minimum absolute atomic E-state index is 0. The van der Waals surface area contributed by atoms with Gasteiger partial charge in [-0.2, -0.15) is 0 Å². The predicted octanol–water partition coefficient (Wildman–Crippen LogP) is -18.1. The molecular weight excluding hydrogens is 505 g/mol. The predicted molar refractivity (Wildman–Crippen MR) is 79.3 cm³/mol. The topological polar surface area (TPSA) is 319 Å². The SMILES string of the molecule is N[C@@H](CC(=O)[O-])C(=O)[O-].N[C@@H](CC(=O)[O-])C(=O)[O-].N[C@@H](CC(=O)[O-])C(=O)[O-].[K+].[K+].[Mg+2].[Mg+2]. The number of nitrogens with two attached hydrogens (primary N) is 3. The Morgan fingerprint density at radius 1 is 0.484 bits per heavy atom. The van der Waals surface area contributed by atoms with Crippen LogP contribution in [0.15, 0.2) is 0 Å². The van der Waals surface area contributed by atoms with Gasteiger partial charge < -0.3 is 76.6 Å². The van der Waals surface area contributed by atoms with E-state index in [0.717, 1.165) is 0 Å². The standard InChI is InChI=1S/3C4H7NO4.2K.2Mg/c3*5-2(4(8)9)1-3(6)7;;;;/h3*2H,1,5H2,(H,6,7)(H,8,9);;;;/q;;;2*+1;2*+2/p-6/t3*2-;;;;/m000..../s1.